The fourth-order valence-electron chi connectivity index (χ4n) is 1.51. The van der Waals surface area contributed by atoms with Crippen LogP contribution in [-0.2, 0) is 10.0 Å². The molecule has 16 heavy (non-hydrogen) atoms. The van der Waals surface area contributed by atoms with E-state index in [0.717, 1.165) is 0 Å². The van der Waals surface area contributed by atoms with E-state index in [9.17, 15) is 8.42 Å². The lowest BCUT2D eigenvalue weighted by Gasteiger charge is -2.23. The van der Waals surface area contributed by atoms with Gasteiger partial charge in [-0.05, 0) is 18.6 Å². The number of rotatable bonds is 6. The second kappa shape index (κ2) is 5.86. The number of nitrogens with zero attached hydrogens (tertiary/aromatic N) is 1. The number of hydrogen-bond donors (Lipinski definition) is 1. The van der Waals surface area contributed by atoms with Crippen LogP contribution in [-0.4, -0.2) is 27.3 Å². The molecule has 0 unspecified atom stereocenters. The Labute approximate surface area is 97.1 Å². The summed E-state index contributed by atoms with van der Waals surface area (Å²) in [5.41, 5.74) is 6.14. The molecule has 90 valence electrons. The summed E-state index contributed by atoms with van der Waals surface area (Å²) >= 11 is 0. The topological polar surface area (TPSA) is 63.4 Å². The Balaban J connectivity index is 3.00. The Morgan fingerprint density at radius 2 is 1.88 bits per heavy atom. The number of hydrogen-bond acceptors (Lipinski definition) is 3. The van der Waals surface area contributed by atoms with Crippen LogP contribution >= 0.6 is 0 Å². The molecule has 1 aromatic carbocycles. The molecule has 0 amide bonds. The van der Waals surface area contributed by atoms with Gasteiger partial charge < -0.3 is 5.73 Å². The van der Waals surface area contributed by atoms with Gasteiger partial charge in [-0.1, -0.05) is 25.1 Å². The molecule has 0 bridgehead atoms. The highest BCUT2D eigenvalue weighted by molar-refractivity contribution is 7.92. The number of anilines is 1. The van der Waals surface area contributed by atoms with Crippen molar-refractivity contribution in [2.45, 2.75) is 13.3 Å². The van der Waals surface area contributed by atoms with Gasteiger partial charge in [0.05, 0.1) is 11.4 Å². The van der Waals surface area contributed by atoms with Gasteiger partial charge in [0.2, 0.25) is 10.0 Å². The van der Waals surface area contributed by atoms with Gasteiger partial charge in [0, 0.05) is 13.1 Å². The lowest BCUT2D eigenvalue weighted by atomic mass is 10.3. The molecule has 0 aliphatic rings. The van der Waals surface area contributed by atoms with Crippen LogP contribution in [0.3, 0.4) is 0 Å². The number of nitrogens with two attached hydrogens (primary N) is 1. The first-order valence-electron chi connectivity index (χ1n) is 5.37. The minimum absolute atomic E-state index is 0.155. The summed E-state index contributed by atoms with van der Waals surface area (Å²) in [6.45, 7) is 2.49. The summed E-state index contributed by atoms with van der Waals surface area (Å²) in [5, 5.41) is 0. The second-order valence-electron chi connectivity index (χ2n) is 3.51. The van der Waals surface area contributed by atoms with Crippen molar-refractivity contribution in [1.82, 2.24) is 0 Å². The van der Waals surface area contributed by atoms with Crippen LogP contribution in [0.25, 0.3) is 0 Å². The van der Waals surface area contributed by atoms with Crippen molar-refractivity contribution < 1.29 is 8.42 Å². The number of benzene rings is 1. The highest BCUT2D eigenvalue weighted by Crippen LogP contribution is 2.17. The fourth-order valence-corrected chi connectivity index (χ4v) is 3.07. The zero-order chi connectivity index (χ0) is 12.0. The Morgan fingerprint density at radius 3 is 2.38 bits per heavy atom. The van der Waals surface area contributed by atoms with Crippen LogP contribution in [0.1, 0.15) is 13.3 Å². The zero-order valence-electron chi connectivity index (χ0n) is 9.46. The van der Waals surface area contributed by atoms with Gasteiger partial charge in [-0.15, -0.1) is 0 Å². The third kappa shape index (κ3) is 3.21. The summed E-state index contributed by atoms with van der Waals surface area (Å²) in [6, 6.07) is 9.06. The molecule has 0 saturated carbocycles. The smallest absolute Gasteiger partial charge is 0.235 e. The molecular weight excluding hydrogens is 224 g/mol. The third-order valence-corrected chi connectivity index (χ3v) is 4.16. The average Bonchev–Trinajstić information content (AvgIpc) is 2.27. The van der Waals surface area contributed by atoms with E-state index in [1.165, 1.54) is 4.31 Å². The summed E-state index contributed by atoms with van der Waals surface area (Å²) < 4.78 is 25.4. The van der Waals surface area contributed by atoms with E-state index in [1.807, 2.05) is 25.1 Å². The SMILES string of the molecule is CCCS(=O)(=O)N(CCN)c1ccccc1. The van der Waals surface area contributed by atoms with Crippen LogP contribution in [0.5, 0.6) is 0 Å². The first-order valence-corrected chi connectivity index (χ1v) is 6.98. The van der Waals surface area contributed by atoms with Crippen LogP contribution < -0.4 is 10.0 Å². The lowest BCUT2D eigenvalue weighted by Crippen LogP contribution is -2.36. The zero-order valence-corrected chi connectivity index (χ0v) is 10.3. The van der Waals surface area contributed by atoms with E-state index in [4.69, 9.17) is 5.73 Å². The van der Waals surface area contributed by atoms with Crippen molar-refractivity contribution in [2.75, 3.05) is 23.1 Å². The molecule has 1 aromatic rings. The van der Waals surface area contributed by atoms with Crippen molar-refractivity contribution in [1.29, 1.82) is 0 Å². The normalized spacial score (nSPS) is 11.4. The van der Waals surface area contributed by atoms with Crippen molar-refractivity contribution >= 4 is 15.7 Å². The maximum absolute atomic E-state index is 12.0. The molecule has 0 saturated heterocycles. The monoisotopic (exact) mass is 242 g/mol. The standard InChI is InChI=1S/C11H18N2O2S/c1-2-10-16(14,15)13(9-8-12)11-6-4-3-5-7-11/h3-7H,2,8-10,12H2,1H3. The van der Waals surface area contributed by atoms with E-state index in [0.29, 0.717) is 25.2 Å². The predicted molar refractivity (Wildman–Crippen MR) is 66.9 cm³/mol. The molecule has 2 N–H and O–H groups in total. The highest BCUT2D eigenvalue weighted by atomic mass is 32.2. The molecule has 0 aromatic heterocycles. The summed E-state index contributed by atoms with van der Waals surface area (Å²) in [6.07, 6.45) is 0.607. The van der Waals surface area contributed by atoms with E-state index < -0.39 is 10.0 Å². The minimum Gasteiger partial charge on any atom is -0.329 e. The van der Waals surface area contributed by atoms with Crippen LogP contribution in [0, 0.1) is 0 Å². The molecule has 0 spiro atoms. The van der Waals surface area contributed by atoms with Gasteiger partial charge in [0.1, 0.15) is 0 Å². The summed E-state index contributed by atoms with van der Waals surface area (Å²) in [5.74, 6) is 0.155. The molecule has 4 nitrogen and oxygen atoms in total. The lowest BCUT2D eigenvalue weighted by molar-refractivity contribution is 0.589. The first-order chi connectivity index (χ1) is 7.61. The van der Waals surface area contributed by atoms with Crippen molar-refractivity contribution in [3.63, 3.8) is 0 Å². The summed E-state index contributed by atoms with van der Waals surface area (Å²) in [7, 11) is -3.23. The van der Waals surface area contributed by atoms with Crippen LogP contribution in [0.15, 0.2) is 30.3 Å². The molecule has 0 atom stereocenters. The predicted octanol–water partition coefficient (Wildman–Crippen LogP) is 1.19. The van der Waals surface area contributed by atoms with Gasteiger partial charge in [0.15, 0.2) is 0 Å². The molecule has 5 heteroatoms. The van der Waals surface area contributed by atoms with Crippen LogP contribution in [0.2, 0.25) is 0 Å². The minimum atomic E-state index is -3.23. The van der Waals surface area contributed by atoms with E-state index in [2.05, 4.69) is 0 Å². The molecule has 0 fully saturated rings. The highest BCUT2D eigenvalue weighted by Gasteiger charge is 2.20. The molecule has 0 aliphatic heterocycles. The molecule has 1 rings (SSSR count). The van der Waals surface area contributed by atoms with Crippen LogP contribution in [0.4, 0.5) is 5.69 Å². The fraction of sp³-hybridized carbons (Fsp3) is 0.455. The van der Waals surface area contributed by atoms with Gasteiger partial charge >= 0.3 is 0 Å². The van der Waals surface area contributed by atoms with Crippen molar-refractivity contribution in [3.8, 4) is 0 Å². The Bertz CT molecular complexity index is 403. The largest absolute Gasteiger partial charge is 0.329 e. The maximum atomic E-state index is 12.0. The van der Waals surface area contributed by atoms with E-state index in [1.54, 1.807) is 12.1 Å². The Hall–Kier alpha value is -1.07. The second-order valence-corrected chi connectivity index (χ2v) is 5.53. The molecular formula is C11H18N2O2S. The van der Waals surface area contributed by atoms with Gasteiger partial charge in [-0.25, -0.2) is 8.42 Å². The number of para-hydroxylation sites is 1. The first kappa shape index (κ1) is 13.0. The van der Waals surface area contributed by atoms with E-state index >= 15 is 0 Å². The molecule has 0 heterocycles. The quantitative estimate of drug-likeness (QED) is 0.815. The Kier molecular flexibility index (Phi) is 4.76. The molecule has 0 aliphatic carbocycles. The van der Waals surface area contributed by atoms with E-state index in [-0.39, 0.29) is 5.75 Å². The van der Waals surface area contributed by atoms with Crippen molar-refractivity contribution in [3.05, 3.63) is 30.3 Å². The maximum Gasteiger partial charge on any atom is 0.235 e. The van der Waals surface area contributed by atoms with Gasteiger partial charge in [-0.3, -0.25) is 4.31 Å². The molecule has 0 radical (unpaired) electrons. The van der Waals surface area contributed by atoms with Crippen molar-refractivity contribution in [2.24, 2.45) is 5.73 Å². The average molecular weight is 242 g/mol. The summed E-state index contributed by atoms with van der Waals surface area (Å²) in [4.78, 5) is 0. The Morgan fingerprint density at radius 1 is 1.25 bits per heavy atom. The number of sulfonamides is 1. The van der Waals surface area contributed by atoms with Gasteiger partial charge in [-0.2, -0.15) is 0 Å². The van der Waals surface area contributed by atoms with Gasteiger partial charge in [0.25, 0.3) is 0 Å². The third-order valence-electron chi connectivity index (χ3n) is 2.17.